The molecule has 2 aromatic carbocycles. The molecule has 112 valence electrons. The maximum Gasteiger partial charge on any atom is 0.0470 e. The van der Waals surface area contributed by atoms with Crippen LogP contribution in [0.2, 0.25) is 0 Å². The monoisotopic (exact) mass is 281 g/mol. The average molecular weight is 281 g/mol. The molecular formula is C20H27N. The van der Waals surface area contributed by atoms with Crippen LogP contribution in [0.4, 0.5) is 11.4 Å². The summed E-state index contributed by atoms with van der Waals surface area (Å²) in [5.74, 6) is 0. The van der Waals surface area contributed by atoms with E-state index in [1.54, 1.807) is 0 Å². The lowest BCUT2D eigenvalue weighted by atomic mass is 10.00. The van der Waals surface area contributed by atoms with E-state index in [1.165, 1.54) is 44.8 Å². The largest absolute Gasteiger partial charge is 0.341 e. The zero-order valence-corrected chi connectivity index (χ0v) is 14.5. The van der Waals surface area contributed by atoms with Gasteiger partial charge in [0.25, 0.3) is 0 Å². The molecule has 0 aliphatic rings. The minimum atomic E-state index is 0.982. The van der Waals surface area contributed by atoms with E-state index in [1.807, 2.05) is 0 Å². The van der Waals surface area contributed by atoms with Gasteiger partial charge in [0.1, 0.15) is 0 Å². The first-order chi connectivity index (χ1) is 9.85. The highest BCUT2D eigenvalue weighted by Crippen LogP contribution is 2.36. The fourth-order valence-corrected chi connectivity index (χ4v) is 3.62. The van der Waals surface area contributed by atoms with E-state index in [2.05, 4.69) is 77.6 Å². The molecule has 0 aromatic heterocycles. The second-order valence-electron chi connectivity index (χ2n) is 6.24. The van der Waals surface area contributed by atoms with Gasteiger partial charge in [0.05, 0.1) is 0 Å². The lowest BCUT2D eigenvalue weighted by Crippen LogP contribution is -2.20. The predicted molar refractivity (Wildman–Crippen MR) is 94.0 cm³/mol. The van der Waals surface area contributed by atoms with Gasteiger partial charge in [-0.2, -0.15) is 0 Å². The van der Waals surface area contributed by atoms with Crippen molar-refractivity contribution < 1.29 is 0 Å². The molecule has 0 saturated carbocycles. The lowest BCUT2D eigenvalue weighted by Gasteiger charge is -2.30. The Morgan fingerprint density at radius 2 is 0.905 bits per heavy atom. The van der Waals surface area contributed by atoms with Gasteiger partial charge in [0, 0.05) is 17.9 Å². The van der Waals surface area contributed by atoms with Gasteiger partial charge in [0.15, 0.2) is 0 Å². The Bertz CT molecular complexity index is 564. The quantitative estimate of drug-likeness (QED) is 0.698. The van der Waals surface area contributed by atoms with Crippen LogP contribution in [-0.2, 0) is 0 Å². The van der Waals surface area contributed by atoms with Crippen LogP contribution in [-0.4, -0.2) is 6.54 Å². The Hall–Kier alpha value is -1.76. The minimum absolute atomic E-state index is 0.982. The first-order valence-electron chi connectivity index (χ1n) is 7.78. The summed E-state index contributed by atoms with van der Waals surface area (Å²) in [5, 5.41) is 0. The molecule has 0 unspecified atom stereocenters. The van der Waals surface area contributed by atoms with Crippen molar-refractivity contribution in [3.05, 3.63) is 57.6 Å². The van der Waals surface area contributed by atoms with Crippen molar-refractivity contribution in [1.82, 2.24) is 0 Å². The summed E-state index contributed by atoms with van der Waals surface area (Å²) in [7, 11) is 0. The molecule has 0 aliphatic carbocycles. The van der Waals surface area contributed by atoms with Gasteiger partial charge in [-0.15, -0.1) is 0 Å². The van der Waals surface area contributed by atoms with Gasteiger partial charge < -0.3 is 4.90 Å². The van der Waals surface area contributed by atoms with Crippen molar-refractivity contribution in [3.63, 3.8) is 0 Å². The van der Waals surface area contributed by atoms with E-state index in [-0.39, 0.29) is 0 Å². The van der Waals surface area contributed by atoms with Crippen LogP contribution < -0.4 is 4.90 Å². The summed E-state index contributed by atoms with van der Waals surface area (Å²) in [4.78, 5) is 2.47. The Morgan fingerprint density at radius 1 is 0.619 bits per heavy atom. The maximum atomic E-state index is 2.47. The van der Waals surface area contributed by atoms with Gasteiger partial charge in [0.2, 0.25) is 0 Å². The SMILES string of the molecule is CCN(c1c(C)cc(C)cc1C)c1c(C)cc(C)cc1C. The normalized spacial score (nSPS) is 10.8. The summed E-state index contributed by atoms with van der Waals surface area (Å²) >= 11 is 0. The zero-order valence-electron chi connectivity index (χ0n) is 14.5. The lowest BCUT2D eigenvalue weighted by molar-refractivity contribution is 0.988. The molecule has 0 N–H and O–H groups in total. The zero-order chi connectivity index (χ0) is 15.7. The molecule has 0 atom stereocenters. The van der Waals surface area contributed by atoms with Gasteiger partial charge >= 0.3 is 0 Å². The maximum absolute atomic E-state index is 2.47. The van der Waals surface area contributed by atoms with E-state index in [0.29, 0.717) is 0 Å². The molecule has 0 spiro atoms. The van der Waals surface area contributed by atoms with E-state index in [9.17, 15) is 0 Å². The summed E-state index contributed by atoms with van der Waals surface area (Å²) in [6.07, 6.45) is 0. The predicted octanol–water partition coefficient (Wildman–Crippen LogP) is 5.70. The van der Waals surface area contributed by atoms with Crippen molar-refractivity contribution in [3.8, 4) is 0 Å². The third kappa shape index (κ3) is 2.97. The van der Waals surface area contributed by atoms with E-state index < -0.39 is 0 Å². The van der Waals surface area contributed by atoms with Gasteiger partial charge in [-0.3, -0.25) is 0 Å². The van der Waals surface area contributed by atoms with Crippen LogP contribution in [0.3, 0.4) is 0 Å². The van der Waals surface area contributed by atoms with Gasteiger partial charge in [-0.1, -0.05) is 35.4 Å². The van der Waals surface area contributed by atoms with Crippen molar-refractivity contribution in [2.45, 2.75) is 48.5 Å². The number of nitrogens with zero attached hydrogens (tertiary/aromatic N) is 1. The Labute approximate surface area is 129 Å². The third-order valence-corrected chi connectivity index (χ3v) is 4.13. The summed E-state index contributed by atoms with van der Waals surface area (Å²) < 4.78 is 0. The minimum Gasteiger partial charge on any atom is -0.341 e. The first-order valence-corrected chi connectivity index (χ1v) is 7.78. The van der Waals surface area contributed by atoms with Crippen molar-refractivity contribution in [1.29, 1.82) is 0 Å². The summed E-state index contributed by atoms with van der Waals surface area (Å²) in [6.45, 7) is 16.4. The number of rotatable bonds is 3. The highest BCUT2D eigenvalue weighted by atomic mass is 15.1. The molecule has 0 radical (unpaired) electrons. The van der Waals surface area contributed by atoms with Crippen molar-refractivity contribution in [2.75, 3.05) is 11.4 Å². The number of anilines is 2. The molecule has 2 aromatic rings. The molecule has 0 bridgehead atoms. The fourth-order valence-electron chi connectivity index (χ4n) is 3.62. The highest BCUT2D eigenvalue weighted by molar-refractivity contribution is 5.74. The van der Waals surface area contributed by atoms with Gasteiger partial charge in [-0.05, 0) is 70.7 Å². The van der Waals surface area contributed by atoms with E-state index >= 15 is 0 Å². The number of hydrogen-bond acceptors (Lipinski definition) is 1. The van der Waals surface area contributed by atoms with Crippen LogP contribution in [0.25, 0.3) is 0 Å². The second-order valence-corrected chi connectivity index (χ2v) is 6.24. The summed E-state index contributed by atoms with van der Waals surface area (Å²) in [6, 6.07) is 9.13. The molecule has 21 heavy (non-hydrogen) atoms. The molecule has 0 saturated heterocycles. The average Bonchev–Trinajstić information content (AvgIpc) is 2.34. The Balaban J connectivity index is 2.66. The smallest absolute Gasteiger partial charge is 0.0470 e. The summed E-state index contributed by atoms with van der Waals surface area (Å²) in [5.41, 5.74) is 10.8. The molecule has 0 aliphatic heterocycles. The number of aryl methyl sites for hydroxylation is 6. The molecule has 1 nitrogen and oxygen atoms in total. The van der Waals surface area contributed by atoms with Crippen molar-refractivity contribution >= 4 is 11.4 Å². The Morgan fingerprint density at radius 3 is 1.14 bits per heavy atom. The molecule has 2 rings (SSSR count). The third-order valence-electron chi connectivity index (χ3n) is 4.13. The van der Waals surface area contributed by atoms with Crippen molar-refractivity contribution in [2.24, 2.45) is 0 Å². The van der Waals surface area contributed by atoms with Crippen LogP contribution in [0.5, 0.6) is 0 Å². The molecule has 0 fully saturated rings. The second kappa shape index (κ2) is 5.93. The molecular weight excluding hydrogens is 254 g/mol. The van der Waals surface area contributed by atoms with Crippen LogP contribution in [0.1, 0.15) is 40.3 Å². The number of benzene rings is 2. The van der Waals surface area contributed by atoms with Crippen LogP contribution >= 0.6 is 0 Å². The topological polar surface area (TPSA) is 3.24 Å². The molecule has 0 amide bonds. The van der Waals surface area contributed by atoms with E-state index in [0.717, 1.165) is 6.54 Å². The standard InChI is InChI=1S/C20H27N/c1-8-21(19-15(4)9-13(2)10-16(19)5)20-17(6)11-14(3)12-18(20)7/h9-12H,8H2,1-7H3. The van der Waals surface area contributed by atoms with Gasteiger partial charge in [-0.25, -0.2) is 0 Å². The Kier molecular flexibility index (Phi) is 4.41. The van der Waals surface area contributed by atoms with E-state index in [4.69, 9.17) is 0 Å². The van der Waals surface area contributed by atoms with Crippen LogP contribution in [0, 0.1) is 41.5 Å². The highest BCUT2D eigenvalue weighted by Gasteiger charge is 2.17. The fraction of sp³-hybridized carbons (Fsp3) is 0.400. The molecule has 0 heterocycles. The van der Waals surface area contributed by atoms with Crippen LogP contribution in [0.15, 0.2) is 24.3 Å². The number of hydrogen-bond donors (Lipinski definition) is 0. The first kappa shape index (κ1) is 15.6. The molecule has 1 heteroatoms.